The van der Waals surface area contributed by atoms with Crippen molar-refractivity contribution in [2.24, 2.45) is 0 Å². The van der Waals surface area contributed by atoms with Crippen molar-refractivity contribution in [3.05, 3.63) is 34.4 Å². The summed E-state index contributed by atoms with van der Waals surface area (Å²) in [6, 6.07) is 5.57. The van der Waals surface area contributed by atoms with E-state index in [1.807, 2.05) is 0 Å². The molecule has 0 bridgehead atoms. The number of ether oxygens (including phenoxy) is 1. The third-order valence-electron chi connectivity index (χ3n) is 3.76. The Hall–Kier alpha value is -0.650. The van der Waals surface area contributed by atoms with Crippen molar-refractivity contribution in [1.29, 1.82) is 0 Å². The number of nitrogens with zero attached hydrogens (tertiary/aromatic N) is 1. The van der Waals surface area contributed by atoms with Gasteiger partial charge in [0.15, 0.2) is 0 Å². The summed E-state index contributed by atoms with van der Waals surface area (Å²) in [6.07, 6.45) is 11.2. The molecular weight excluding hydrogens is 334 g/mol. The number of hydrogen-bond donors (Lipinski definition) is 0. The molecule has 24 heavy (non-hydrogen) atoms. The second-order valence-electron chi connectivity index (χ2n) is 5.80. The first-order chi connectivity index (χ1) is 11.1. The van der Waals surface area contributed by atoms with Gasteiger partial charge in [-0.25, -0.2) is 0 Å². The summed E-state index contributed by atoms with van der Waals surface area (Å²) < 4.78 is 5.16. The average Bonchev–Trinajstić information content (AvgIpc) is 2.54. The third-order valence-corrected chi connectivity index (χ3v) is 3.76. The van der Waals surface area contributed by atoms with Gasteiger partial charge in [0, 0.05) is 18.6 Å². The number of non-ortho nitro benzene ring substituents is 1. The van der Waals surface area contributed by atoms with E-state index in [0.717, 1.165) is 19.3 Å². The van der Waals surface area contributed by atoms with Crippen LogP contribution in [0.5, 0.6) is 5.75 Å². The quantitative estimate of drug-likeness (QED) is 0.137. The Kier molecular flexibility index (Phi) is 14.3. The summed E-state index contributed by atoms with van der Waals surface area (Å²) >= 11 is 0. The van der Waals surface area contributed by atoms with Gasteiger partial charge in [0.25, 0.3) is 5.69 Å². The monoisotopic (exact) mass is 363 g/mol. The van der Waals surface area contributed by atoms with Crippen molar-refractivity contribution >= 4 is 49.4 Å². The number of rotatable bonds is 12. The first-order valence-corrected chi connectivity index (χ1v) is 8.58. The molecule has 6 heteroatoms. The molecule has 1 rings (SSSR count). The van der Waals surface area contributed by atoms with Gasteiger partial charge in [-0.3, -0.25) is 14.9 Å². The summed E-state index contributed by atoms with van der Waals surface area (Å²) in [4.78, 5) is 21.7. The molecule has 0 radical (unpaired) electrons. The van der Waals surface area contributed by atoms with Crippen LogP contribution >= 0.6 is 0 Å². The molecule has 0 aliphatic heterocycles. The summed E-state index contributed by atoms with van der Waals surface area (Å²) in [5.74, 6) is 0.0818. The second kappa shape index (κ2) is 14.7. The Balaban J connectivity index is 0.00000529. The Morgan fingerprint density at radius 1 is 0.958 bits per heavy atom. The van der Waals surface area contributed by atoms with Gasteiger partial charge in [-0.05, 0) is 18.6 Å². The molecule has 0 saturated heterocycles. The van der Waals surface area contributed by atoms with Crippen LogP contribution in [0.2, 0.25) is 0 Å². The maximum absolute atomic E-state index is 11.7. The van der Waals surface area contributed by atoms with E-state index in [-0.39, 0.29) is 49.4 Å². The number of carbonyl (C=O) groups is 1. The predicted octanol–water partition coefficient (Wildman–Crippen LogP) is 4.50. The van der Waals surface area contributed by atoms with Crippen molar-refractivity contribution in [2.75, 3.05) is 0 Å². The van der Waals surface area contributed by atoms with E-state index in [0.29, 0.717) is 12.2 Å². The van der Waals surface area contributed by atoms with Gasteiger partial charge in [-0.2, -0.15) is 0 Å². The standard InChI is InChI=1S/C18H27NO4.Ca.2H/c1-2-3-4-5-6-7-8-9-10-11-18(20)23-17-14-12-16(13-15-17)19(21)22;;;/h12-15H,2-11H2,1H3;;;. The minimum absolute atomic E-state index is 0. The molecule has 0 heterocycles. The van der Waals surface area contributed by atoms with Gasteiger partial charge in [0.05, 0.1) is 4.92 Å². The minimum atomic E-state index is -0.478. The Morgan fingerprint density at radius 2 is 1.46 bits per heavy atom. The Morgan fingerprint density at radius 3 is 1.96 bits per heavy atom. The SMILES string of the molecule is CCCCCCCCCCCC(=O)Oc1ccc([N+](=O)[O-])cc1.[CaH2]. The van der Waals surface area contributed by atoms with E-state index in [2.05, 4.69) is 6.92 Å². The van der Waals surface area contributed by atoms with E-state index in [1.54, 1.807) is 0 Å². The van der Waals surface area contributed by atoms with Crippen LogP contribution in [0.15, 0.2) is 24.3 Å². The van der Waals surface area contributed by atoms with Crippen LogP contribution in [-0.2, 0) is 4.79 Å². The second-order valence-corrected chi connectivity index (χ2v) is 5.80. The first-order valence-electron chi connectivity index (χ1n) is 8.58. The van der Waals surface area contributed by atoms with Crippen molar-refractivity contribution in [2.45, 2.75) is 71.1 Å². The summed E-state index contributed by atoms with van der Waals surface area (Å²) in [5.41, 5.74) is -0.0104. The van der Waals surface area contributed by atoms with Gasteiger partial charge in [0.2, 0.25) is 0 Å². The van der Waals surface area contributed by atoms with Crippen LogP contribution in [-0.4, -0.2) is 48.6 Å². The van der Waals surface area contributed by atoms with E-state index in [9.17, 15) is 14.9 Å². The van der Waals surface area contributed by atoms with Crippen LogP contribution in [0.3, 0.4) is 0 Å². The van der Waals surface area contributed by atoms with Gasteiger partial charge in [-0.15, -0.1) is 0 Å². The average molecular weight is 364 g/mol. The molecule has 0 saturated carbocycles. The van der Waals surface area contributed by atoms with Crippen molar-refractivity contribution < 1.29 is 14.5 Å². The molecule has 1 aromatic rings. The van der Waals surface area contributed by atoms with Crippen LogP contribution < -0.4 is 4.74 Å². The topological polar surface area (TPSA) is 69.4 Å². The summed E-state index contributed by atoms with van der Waals surface area (Å²) in [7, 11) is 0. The van der Waals surface area contributed by atoms with E-state index in [1.165, 1.54) is 62.8 Å². The number of hydrogen-bond acceptors (Lipinski definition) is 4. The predicted molar refractivity (Wildman–Crippen MR) is 99.1 cm³/mol. The fourth-order valence-corrected chi connectivity index (χ4v) is 2.40. The van der Waals surface area contributed by atoms with Crippen molar-refractivity contribution in [3.63, 3.8) is 0 Å². The third kappa shape index (κ3) is 11.0. The van der Waals surface area contributed by atoms with Gasteiger partial charge in [-0.1, -0.05) is 58.3 Å². The van der Waals surface area contributed by atoms with Crippen LogP contribution in [0.25, 0.3) is 0 Å². The zero-order valence-corrected chi connectivity index (χ0v) is 14.0. The number of nitro groups is 1. The normalized spacial score (nSPS) is 10.0. The van der Waals surface area contributed by atoms with E-state index in [4.69, 9.17) is 4.74 Å². The Labute approximate surface area is 174 Å². The number of nitro benzene ring substituents is 1. The molecule has 0 N–H and O–H groups in total. The molecule has 0 amide bonds. The van der Waals surface area contributed by atoms with Crippen molar-refractivity contribution in [3.8, 4) is 5.75 Å². The number of esters is 1. The molecule has 0 spiro atoms. The molecule has 1 aromatic carbocycles. The molecule has 0 unspecified atom stereocenters. The van der Waals surface area contributed by atoms with Crippen molar-refractivity contribution in [1.82, 2.24) is 0 Å². The molecule has 0 aliphatic rings. The van der Waals surface area contributed by atoms with Gasteiger partial charge in [0.1, 0.15) is 5.75 Å². The Bertz CT molecular complexity index is 476. The maximum atomic E-state index is 11.7. The van der Waals surface area contributed by atoms with Gasteiger partial charge >= 0.3 is 43.7 Å². The van der Waals surface area contributed by atoms with Crippen LogP contribution in [0, 0.1) is 10.1 Å². The van der Waals surface area contributed by atoms with E-state index < -0.39 is 4.92 Å². The van der Waals surface area contributed by atoms with Crippen LogP contribution in [0.1, 0.15) is 71.1 Å². The summed E-state index contributed by atoms with van der Waals surface area (Å²) in [5, 5.41) is 10.5. The number of unbranched alkanes of at least 4 members (excludes halogenated alkanes) is 8. The summed E-state index contributed by atoms with van der Waals surface area (Å²) in [6.45, 7) is 2.22. The zero-order valence-electron chi connectivity index (χ0n) is 14.0. The molecular formula is C18H29CaNO4. The molecule has 0 aliphatic carbocycles. The first kappa shape index (κ1) is 23.3. The van der Waals surface area contributed by atoms with Crippen LogP contribution in [0.4, 0.5) is 5.69 Å². The molecule has 0 atom stereocenters. The fourth-order valence-electron chi connectivity index (χ4n) is 2.40. The number of carbonyl (C=O) groups excluding carboxylic acids is 1. The number of benzene rings is 1. The molecule has 0 aromatic heterocycles. The fraction of sp³-hybridized carbons (Fsp3) is 0.611. The molecule has 5 nitrogen and oxygen atoms in total. The zero-order chi connectivity index (χ0) is 16.9. The molecule has 132 valence electrons. The van der Waals surface area contributed by atoms with Gasteiger partial charge < -0.3 is 4.74 Å². The van der Waals surface area contributed by atoms with E-state index >= 15 is 0 Å². The molecule has 0 fully saturated rings.